The molecule has 1 N–H and O–H groups in total. The molecule has 6 heteroatoms. The van der Waals surface area contributed by atoms with Gasteiger partial charge in [-0.1, -0.05) is 18.5 Å². The number of anilines is 1. The monoisotopic (exact) mass is 287 g/mol. The van der Waals surface area contributed by atoms with Crippen molar-refractivity contribution in [1.82, 2.24) is 10.3 Å². The van der Waals surface area contributed by atoms with Gasteiger partial charge in [-0.15, -0.1) is 0 Å². The summed E-state index contributed by atoms with van der Waals surface area (Å²) in [7, 11) is -0.657. The number of nitrogens with zero attached hydrogens (tertiary/aromatic N) is 2. The molecule has 0 aromatic carbocycles. The van der Waals surface area contributed by atoms with Crippen molar-refractivity contribution in [3.8, 4) is 0 Å². The zero-order chi connectivity index (χ0) is 13.0. The molecule has 18 heavy (non-hydrogen) atoms. The largest absolute Gasteiger partial charge is 0.355 e. The highest BCUT2D eigenvalue weighted by atomic mass is 35.5. The Morgan fingerprint density at radius 2 is 2.17 bits per heavy atom. The number of aromatic nitrogens is 1. The van der Waals surface area contributed by atoms with Crippen molar-refractivity contribution in [2.45, 2.75) is 13.5 Å². The predicted molar refractivity (Wildman–Crippen MR) is 76.7 cm³/mol. The van der Waals surface area contributed by atoms with Crippen LogP contribution in [0.2, 0.25) is 5.02 Å². The maximum Gasteiger partial charge on any atom is 0.129 e. The van der Waals surface area contributed by atoms with Crippen LogP contribution in [-0.4, -0.2) is 40.3 Å². The van der Waals surface area contributed by atoms with Gasteiger partial charge in [0.05, 0.1) is 10.7 Å². The molecule has 1 aromatic rings. The zero-order valence-electron chi connectivity index (χ0n) is 10.5. The van der Waals surface area contributed by atoms with E-state index >= 15 is 0 Å². The molecule has 0 unspecified atom stereocenters. The van der Waals surface area contributed by atoms with Crippen LogP contribution in [0.1, 0.15) is 12.6 Å². The minimum Gasteiger partial charge on any atom is -0.355 e. The predicted octanol–water partition coefficient (Wildman–Crippen LogP) is 1.41. The van der Waals surface area contributed by atoms with Crippen molar-refractivity contribution >= 4 is 28.2 Å². The van der Waals surface area contributed by atoms with E-state index in [2.05, 4.69) is 22.1 Å². The third-order valence-corrected chi connectivity index (χ3v) is 4.57. The van der Waals surface area contributed by atoms with Gasteiger partial charge in [-0.3, -0.25) is 4.21 Å². The van der Waals surface area contributed by atoms with Gasteiger partial charge in [-0.05, 0) is 18.7 Å². The summed E-state index contributed by atoms with van der Waals surface area (Å²) in [6.07, 6.45) is 0. The molecule has 1 aromatic heterocycles. The Hall–Kier alpha value is -0.650. The molecule has 1 fully saturated rings. The molecule has 0 atom stereocenters. The lowest BCUT2D eigenvalue weighted by molar-refractivity contribution is 0.671. The normalized spacial score (nSPS) is 17.1. The highest BCUT2D eigenvalue weighted by Crippen LogP contribution is 2.20. The molecule has 1 aliphatic heterocycles. The van der Waals surface area contributed by atoms with Crippen LogP contribution in [0.3, 0.4) is 0 Å². The van der Waals surface area contributed by atoms with Crippen LogP contribution in [0, 0.1) is 0 Å². The van der Waals surface area contributed by atoms with E-state index < -0.39 is 10.8 Å². The topological polar surface area (TPSA) is 45.2 Å². The zero-order valence-corrected chi connectivity index (χ0v) is 12.1. The van der Waals surface area contributed by atoms with Gasteiger partial charge in [-0.2, -0.15) is 0 Å². The van der Waals surface area contributed by atoms with Crippen LogP contribution in [0.4, 0.5) is 5.82 Å². The number of halogens is 1. The summed E-state index contributed by atoms with van der Waals surface area (Å²) in [4.78, 5) is 6.76. The minimum absolute atomic E-state index is 0.657. The fourth-order valence-electron chi connectivity index (χ4n) is 1.88. The van der Waals surface area contributed by atoms with Crippen molar-refractivity contribution < 1.29 is 4.21 Å². The first-order valence-electron chi connectivity index (χ1n) is 6.16. The summed E-state index contributed by atoms with van der Waals surface area (Å²) in [5.41, 5.74) is 0.878. The van der Waals surface area contributed by atoms with E-state index in [1.54, 1.807) is 0 Å². The minimum atomic E-state index is -0.657. The molecule has 1 saturated heterocycles. The SMILES string of the molecule is CCNCc1nc(N2CCS(=O)CC2)ccc1Cl. The third-order valence-electron chi connectivity index (χ3n) is 2.95. The number of nitrogens with one attached hydrogen (secondary N) is 1. The molecule has 100 valence electrons. The van der Waals surface area contributed by atoms with Crippen LogP contribution in [0.25, 0.3) is 0 Å². The quantitative estimate of drug-likeness (QED) is 0.910. The van der Waals surface area contributed by atoms with Crippen molar-refractivity contribution in [3.63, 3.8) is 0 Å². The maximum atomic E-state index is 11.3. The second-order valence-corrected chi connectivity index (χ2v) is 6.32. The molecule has 0 saturated carbocycles. The lowest BCUT2D eigenvalue weighted by Gasteiger charge is -2.27. The van der Waals surface area contributed by atoms with E-state index in [1.165, 1.54) is 0 Å². The summed E-state index contributed by atoms with van der Waals surface area (Å²) >= 11 is 6.12. The van der Waals surface area contributed by atoms with E-state index in [-0.39, 0.29) is 0 Å². The molecule has 0 aliphatic carbocycles. The van der Waals surface area contributed by atoms with Gasteiger partial charge in [-0.25, -0.2) is 4.98 Å². The molecule has 2 rings (SSSR count). The lowest BCUT2D eigenvalue weighted by atomic mass is 10.3. The Balaban J connectivity index is 2.10. The standard InChI is InChI=1S/C12H18ClN3OS/c1-2-14-9-11-10(13)3-4-12(15-11)16-5-7-18(17)8-6-16/h3-4,14H,2,5-9H2,1H3. The van der Waals surface area contributed by atoms with Gasteiger partial charge in [0.2, 0.25) is 0 Å². The average Bonchev–Trinajstić information content (AvgIpc) is 2.39. The molecular formula is C12H18ClN3OS. The molecule has 0 amide bonds. The first-order chi connectivity index (χ1) is 8.70. The van der Waals surface area contributed by atoms with Crippen molar-refractivity contribution in [1.29, 1.82) is 0 Å². The average molecular weight is 288 g/mol. The Labute approximate surface area is 115 Å². The Morgan fingerprint density at radius 1 is 1.44 bits per heavy atom. The van der Waals surface area contributed by atoms with Gasteiger partial charge in [0.15, 0.2) is 0 Å². The molecule has 2 heterocycles. The fourth-order valence-corrected chi connectivity index (χ4v) is 3.11. The van der Waals surface area contributed by atoms with Gasteiger partial charge < -0.3 is 10.2 Å². The molecule has 0 radical (unpaired) electrons. The fraction of sp³-hybridized carbons (Fsp3) is 0.583. The molecule has 0 bridgehead atoms. The summed E-state index contributed by atoms with van der Waals surface area (Å²) in [5.74, 6) is 2.39. The highest BCUT2D eigenvalue weighted by molar-refractivity contribution is 7.85. The van der Waals surface area contributed by atoms with Crippen LogP contribution in [-0.2, 0) is 17.3 Å². The summed E-state index contributed by atoms with van der Waals surface area (Å²) in [6.45, 7) is 5.25. The van der Waals surface area contributed by atoms with Gasteiger partial charge in [0.25, 0.3) is 0 Å². The second-order valence-electron chi connectivity index (χ2n) is 4.21. The number of hydrogen-bond acceptors (Lipinski definition) is 4. The molecule has 4 nitrogen and oxygen atoms in total. The van der Waals surface area contributed by atoms with E-state index in [9.17, 15) is 4.21 Å². The van der Waals surface area contributed by atoms with Crippen LogP contribution < -0.4 is 10.2 Å². The lowest BCUT2D eigenvalue weighted by Crippen LogP contribution is -2.38. The van der Waals surface area contributed by atoms with E-state index in [0.717, 1.165) is 42.7 Å². The second kappa shape index (κ2) is 6.50. The smallest absolute Gasteiger partial charge is 0.129 e. The maximum absolute atomic E-state index is 11.3. The van der Waals surface area contributed by atoms with Crippen LogP contribution >= 0.6 is 11.6 Å². The summed E-state index contributed by atoms with van der Waals surface area (Å²) < 4.78 is 11.3. The number of pyridine rings is 1. The summed E-state index contributed by atoms with van der Waals surface area (Å²) in [6, 6.07) is 3.83. The van der Waals surface area contributed by atoms with E-state index in [0.29, 0.717) is 11.6 Å². The van der Waals surface area contributed by atoms with E-state index in [1.807, 2.05) is 12.1 Å². The van der Waals surface area contributed by atoms with Crippen molar-refractivity contribution in [2.24, 2.45) is 0 Å². The molecule has 1 aliphatic rings. The van der Waals surface area contributed by atoms with Crippen molar-refractivity contribution in [3.05, 3.63) is 22.8 Å². The molecular weight excluding hydrogens is 270 g/mol. The Kier molecular flexibility index (Phi) is 4.97. The first kappa shape index (κ1) is 13.8. The third kappa shape index (κ3) is 3.43. The Bertz CT molecular complexity index is 431. The highest BCUT2D eigenvalue weighted by Gasteiger charge is 2.17. The number of rotatable bonds is 4. The van der Waals surface area contributed by atoms with Gasteiger partial charge in [0.1, 0.15) is 5.82 Å². The van der Waals surface area contributed by atoms with Gasteiger partial charge >= 0.3 is 0 Å². The van der Waals surface area contributed by atoms with E-state index in [4.69, 9.17) is 11.6 Å². The summed E-state index contributed by atoms with van der Waals surface area (Å²) in [5, 5.41) is 3.92. The number of hydrogen-bond donors (Lipinski definition) is 1. The molecule has 0 spiro atoms. The van der Waals surface area contributed by atoms with Crippen molar-refractivity contribution in [2.75, 3.05) is 36.0 Å². The van der Waals surface area contributed by atoms with Crippen LogP contribution in [0.15, 0.2) is 12.1 Å². The van der Waals surface area contributed by atoms with Gasteiger partial charge in [0, 0.05) is 41.9 Å². The first-order valence-corrected chi connectivity index (χ1v) is 8.03. The van der Waals surface area contributed by atoms with Crippen LogP contribution in [0.5, 0.6) is 0 Å². The Morgan fingerprint density at radius 3 is 2.83 bits per heavy atom.